The molecule has 0 amide bonds. The van der Waals surface area contributed by atoms with Crippen molar-refractivity contribution in [1.82, 2.24) is 4.57 Å². The number of fused-ring (bicyclic) bond motifs is 3. The summed E-state index contributed by atoms with van der Waals surface area (Å²) in [4.78, 5) is 0. The first kappa shape index (κ1) is 28.9. The number of aromatic nitrogens is 1. The summed E-state index contributed by atoms with van der Waals surface area (Å²) >= 11 is 0. The Morgan fingerprint density at radius 2 is 0.804 bits per heavy atom. The highest BCUT2D eigenvalue weighted by molar-refractivity contribution is 6.27. The van der Waals surface area contributed by atoms with Gasteiger partial charge in [-0.25, -0.2) is 0 Å². The van der Waals surface area contributed by atoms with Gasteiger partial charge in [0, 0.05) is 28.4 Å². The van der Waals surface area contributed by atoms with Crippen molar-refractivity contribution in [1.29, 1.82) is 0 Å². The number of aryl methyl sites for hydroxylation is 1. The van der Waals surface area contributed by atoms with Crippen molar-refractivity contribution in [3.63, 3.8) is 0 Å². The van der Waals surface area contributed by atoms with Gasteiger partial charge in [0.1, 0.15) is 0 Å². The molecule has 0 N–H and O–H groups in total. The smallest absolute Gasteiger partial charge is 0.0491 e. The van der Waals surface area contributed by atoms with Crippen molar-refractivity contribution in [3.8, 4) is 22.3 Å². The van der Waals surface area contributed by atoms with E-state index in [0.29, 0.717) is 0 Å². The lowest BCUT2D eigenvalue weighted by molar-refractivity contribution is 0.602. The van der Waals surface area contributed by atoms with Crippen molar-refractivity contribution in [2.75, 3.05) is 0 Å². The molecule has 0 aliphatic heterocycles. The Kier molecular flexibility index (Phi) is 6.25. The Balaban J connectivity index is 1.14. The van der Waals surface area contributed by atoms with Crippen LogP contribution in [0.4, 0.5) is 0 Å². The summed E-state index contributed by atoms with van der Waals surface area (Å²) < 4.78 is 2.59. The van der Waals surface area contributed by atoms with E-state index in [1.807, 2.05) is 0 Å². The number of benzene rings is 10. The third kappa shape index (κ3) is 4.22. The highest BCUT2D eigenvalue weighted by atomic mass is 15.0. The normalized spacial score (nSPS) is 12.4. The SMILES string of the molecule is CCCCCCn1c2ccc(-c3ccc4ccc5cccc6ccc3c4c56)cc2c2cc(-c3ccc4ccc5cccc6ccc3c4c56)ccc21. The third-order valence-electron chi connectivity index (χ3n) is 11.8. The Labute approximate surface area is 297 Å². The van der Waals surface area contributed by atoms with Gasteiger partial charge >= 0.3 is 0 Å². The summed E-state index contributed by atoms with van der Waals surface area (Å²) in [7, 11) is 0. The van der Waals surface area contributed by atoms with E-state index < -0.39 is 0 Å². The van der Waals surface area contributed by atoms with Gasteiger partial charge in [-0.15, -0.1) is 0 Å². The quantitative estimate of drug-likeness (QED) is 0.119. The molecule has 0 atom stereocenters. The average molecular weight is 652 g/mol. The standard InChI is InChI=1S/C50H37N/c1-2-3-4-5-28-51-45-26-20-37(39-22-16-35-14-12-31-8-6-10-33-18-24-41(39)49(35)47(31)33)29-43(45)44-30-38(21-27-46(44)51)40-23-17-36-15-13-32-9-7-11-34-19-25-42(40)50(36)48(32)34/h6-27,29-30H,2-5,28H2,1H3. The second kappa shape index (κ2) is 11.0. The molecule has 11 rings (SSSR count). The van der Waals surface area contributed by atoms with E-state index in [4.69, 9.17) is 0 Å². The maximum atomic E-state index is 2.59. The van der Waals surface area contributed by atoms with E-state index in [1.54, 1.807) is 0 Å². The van der Waals surface area contributed by atoms with E-state index >= 15 is 0 Å². The minimum atomic E-state index is 1.04. The topological polar surface area (TPSA) is 4.93 Å². The molecule has 0 saturated carbocycles. The molecule has 1 nitrogen and oxygen atoms in total. The molecule has 1 heteroatoms. The highest BCUT2D eigenvalue weighted by Crippen LogP contribution is 2.43. The summed E-state index contributed by atoms with van der Waals surface area (Å²) in [6.07, 6.45) is 4.99. The van der Waals surface area contributed by atoms with Crippen LogP contribution in [0.3, 0.4) is 0 Å². The largest absolute Gasteiger partial charge is 0.340 e. The number of hydrogen-bond acceptors (Lipinski definition) is 0. The molecular weight excluding hydrogens is 615 g/mol. The molecular formula is C50H37N. The lowest BCUT2D eigenvalue weighted by atomic mass is 9.89. The minimum absolute atomic E-state index is 1.04. The van der Waals surface area contributed by atoms with Gasteiger partial charge in [0.05, 0.1) is 0 Å². The van der Waals surface area contributed by atoms with Gasteiger partial charge in [0.15, 0.2) is 0 Å². The van der Waals surface area contributed by atoms with Crippen LogP contribution in [0, 0.1) is 0 Å². The average Bonchev–Trinajstić information content (AvgIpc) is 3.49. The van der Waals surface area contributed by atoms with Gasteiger partial charge in [-0.05, 0) is 118 Å². The van der Waals surface area contributed by atoms with Crippen LogP contribution in [0.25, 0.3) is 109 Å². The van der Waals surface area contributed by atoms with E-state index in [1.165, 1.54) is 134 Å². The van der Waals surface area contributed by atoms with Crippen LogP contribution < -0.4 is 0 Å². The Hall–Kier alpha value is -5.92. The summed E-state index contributed by atoms with van der Waals surface area (Å²) in [6.45, 7) is 3.33. The Morgan fingerprint density at radius 3 is 1.27 bits per heavy atom. The van der Waals surface area contributed by atoms with Gasteiger partial charge < -0.3 is 4.57 Å². The molecule has 51 heavy (non-hydrogen) atoms. The van der Waals surface area contributed by atoms with Crippen LogP contribution in [0.2, 0.25) is 0 Å². The summed E-state index contributed by atoms with van der Waals surface area (Å²) in [5.41, 5.74) is 7.81. The molecule has 0 aliphatic carbocycles. The molecule has 1 aromatic heterocycles. The maximum Gasteiger partial charge on any atom is 0.0491 e. The predicted octanol–water partition coefficient (Wildman–Crippen LogP) is 14.5. The van der Waals surface area contributed by atoms with Crippen molar-refractivity contribution < 1.29 is 0 Å². The van der Waals surface area contributed by atoms with Crippen LogP contribution in [-0.2, 0) is 6.54 Å². The molecule has 0 saturated heterocycles. The summed E-state index contributed by atoms with van der Waals surface area (Å²) in [6, 6.07) is 55.4. The van der Waals surface area contributed by atoms with Crippen molar-refractivity contribution >= 4 is 86.4 Å². The van der Waals surface area contributed by atoms with E-state index in [-0.39, 0.29) is 0 Å². The van der Waals surface area contributed by atoms with Crippen molar-refractivity contribution in [2.24, 2.45) is 0 Å². The van der Waals surface area contributed by atoms with Gasteiger partial charge in [-0.1, -0.05) is 148 Å². The maximum absolute atomic E-state index is 2.59. The zero-order valence-electron chi connectivity index (χ0n) is 28.8. The molecule has 0 spiro atoms. The van der Waals surface area contributed by atoms with Gasteiger partial charge in [-0.2, -0.15) is 0 Å². The molecule has 0 unspecified atom stereocenters. The van der Waals surface area contributed by atoms with Crippen molar-refractivity contribution in [2.45, 2.75) is 39.2 Å². The van der Waals surface area contributed by atoms with Crippen LogP contribution in [0.15, 0.2) is 146 Å². The van der Waals surface area contributed by atoms with Crippen LogP contribution >= 0.6 is 0 Å². The molecule has 242 valence electrons. The number of unbranched alkanes of at least 4 members (excludes halogenated alkanes) is 3. The monoisotopic (exact) mass is 651 g/mol. The minimum Gasteiger partial charge on any atom is -0.340 e. The molecule has 0 radical (unpaired) electrons. The first-order valence-corrected chi connectivity index (χ1v) is 18.6. The first-order chi connectivity index (χ1) is 25.2. The van der Waals surface area contributed by atoms with E-state index in [9.17, 15) is 0 Å². The first-order valence-electron chi connectivity index (χ1n) is 18.6. The Morgan fingerprint density at radius 1 is 0.373 bits per heavy atom. The lowest BCUT2D eigenvalue weighted by Gasteiger charge is -2.14. The van der Waals surface area contributed by atoms with Gasteiger partial charge in [0.2, 0.25) is 0 Å². The molecule has 0 bridgehead atoms. The van der Waals surface area contributed by atoms with Gasteiger partial charge in [0.25, 0.3) is 0 Å². The van der Waals surface area contributed by atoms with E-state index in [0.717, 1.165) is 6.54 Å². The fraction of sp³-hybridized carbons (Fsp3) is 0.120. The van der Waals surface area contributed by atoms with Crippen LogP contribution in [0.5, 0.6) is 0 Å². The highest BCUT2D eigenvalue weighted by Gasteiger charge is 2.18. The molecule has 10 aromatic carbocycles. The van der Waals surface area contributed by atoms with Crippen LogP contribution in [-0.4, -0.2) is 4.57 Å². The molecule has 1 heterocycles. The van der Waals surface area contributed by atoms with Crippen LogP contribution in [0.1, 0.15) is 32.6 Å². The van der Waals surface area contributed by atoms with Gasteiger partial charge in [-0.3, -0.25) is 0 Å². The molecule has 0 aliphatic rings. The molecule has 11 aromatic rings. The van der Waals surface area contributed by atoms with E-state index in [2.05, 4.69) is 157 Å². The number of hydrogen-bond donors (Lipinski definition) is 0. The molecule has 0 fully saturated rings. The summed E-state index contributed by atoms with van der Waals surface area (Å²) in [5.74, 6) is 0. The lowest BCUT2D eigenvalue weighted by Crippen LogP contribution is -1.97. The zero-order chi connectivity index (χ0) is 33.6. The number of nitrogens with zero attached hydrogens (tertiary/aromatic N) is 1. The predicted molar refractivity (Wildman–Crippen MR) is 222 cm³/mol. The summed E-state index contributed by atoms with van der Waals surface area (Å²) in [5, 5.41) is 18.7. The van der Waals surface area contributed by atoms with Crippen molar-refractivity contribution in [3.05, 3.63) is 146 Å². The second-order valence-corrected chi connectivity index (χ2v) is 14.6. The fourth-order valence-corrected chi connectivity index (χ4v) is 9.35. The zero-order valence-corrected chi connectivity index (χ0v) is 28.8. The number of rotatable bonds is 7. The third-order valence-corrected chi connectivity index (χ3v) is 11.8. The second-order valence-electron chi connectivity index (χ2n) is 14.6. The fourth-order valence-electron chi connectivity index (χ4n) is 9.35. The Bertz CT molecular complexity index is 2880.